The largest absolute Gasteiger partial charge is 0.505 e. The molecular formula is C13H13N3O2. The van der Waals surface area contributed by atoms with Crippen LogP contribution >= 0.6 is 0 Å². The standard InChI is InChI=1S/C13H13N3O2/c1-9-3-2-4-10(16-9)7-15-13(18)11-5-6-14-8-12(11)17/h2-6,8,17H,7H2,1H3,(H,15,18). The number of hydrogen-bond donors (Lipinski definition) is 2. The van der Waals surface area contributed by atoms with Gasteiger partial charge < -0.3 is 10.4 Å². The molecule has 0 radical (unpaired) electrons. The number of carbonyl (C=O) groups excluding carboxylic acids is 1. The second-order valence-electron chi connectivity index (χ2n) is 3.85. The second-order valence-corrected chi connectivity index (χ2v) is 3.85. The summed E-state index contributed by atoms with van der Waals surface area (Å²) in [5.74, 6) is -0.481. The third kappa shape index (κ3) is 2.82. The zero-order valence-corrected chi connectivity index (χ0v) is 9.92. The first-order chi connectivity index (χ1) is 8.66. The summed E-state index contributed by atoms with van der Waals surface area (Å²) in [5.41, 5.74) is 1.88. The van der Waals surface area contributed by atoms with Crippen molar-refractivity contribution < 1.29 is 9.90 Å². The highest BCUT2D eigenvalue weighted by molar-refractivity contribution is 5.96. The van der Waals surface area contributed by atoms with E-state index in [1.165, 1.54) is 18.5 Å². The fourth-order valence-corrected chi connectivity index (χ4v) is 1.54. The fraction of sp³-hybridized carbons (Fsp3) is 0.154. The molecule has 2 rings (SSSR count). The van der Waals surface area contributed by atoms with Crippen molar-refractivity contribution in [2.45, 2.75) is 13.5 Å². The highest BCUT2D eigenvalue weighted by Gasteiger charge is 2.10. The van der Waals surface area contributed by atoms with Gasteiger partial charge in [0, 0.05) is 11.9 Å². The van der Waals surface area contributed by atoms with Crippen LogP contribution in [0.25, 0.3) is 0 Å². The van der Waals surface area contributed by atoms with Gasteiger partial charge in [0.15, 0.2) is 0 Å². The molecule has 0 bridgehead atoms. The highest BCUT2D eigenvalue weighted by Crippen LogP contribution is 2.13. The molecule has 0 aliphatic carbocycles. The van der Waals surface area contributed by atoms with Gasteiger partial charge in [-0.15, -0.1) is 0 Å². The van der Waals surface area contributed by atoms with Gasteiger partial charge in [-0.3, -0.25) is 14.8 Å². The molecule has 5 nitrogen and oxygen atoms in total. The minimum Gasteiger partial charge on any atom is -0.505 e. The van der Waals surface area contributed by atoms with Gasteiger partial charge in [0.1, 0.15) is 5.75 Å². The Morgan fingerprint density at radius 1 is 1.39 bits per heavy atom. The van der Waals surface area contributed by atoms with Gasteiger partial charge in [0.2, 0.25) is 0 Å². The number of pyridine rings is 2. The summed E-state index contributed by atoms with van der Waals surface area (Å²) in [5, 5.41) is 12.2. The minimum atomic E-state index is -0.349. The van der Waals surface area contributed by atoms with Gasteiger partial charge in [0.25, 0.3) is 5.91 Å². The van der Waals surface area contributed by atoms with E-state index in [0.29, 0.717) is 6.54 Å². The molecule has 2 N–H and O–H groups in total. The minimum absolute atomic E-state index is 0.132. The molecule has 5 heteroatoms. The van der Waals surface area contributed by atoms with E-state index >= 15 is 0 Å². The van der Waals surface area contributed by atoms with Gasteiger partial charge in [0.05, 0.1) is 24.0 Å². The lowest BCUT2D eigenvalue weighted by atomic mass is 10.2. The molecule has 1 amide bonds. The molecule has 0 aliphatic rings. The number of amides is 1. The van der Waals surface area contributed by atoms with Crippen LogP contribution in [0, 0.1) is 6.92 Å². The van der Waals surface area contributed by atoms with E-state index < -0.39 is 0 Å². The number of aromatic nitrogens is 2. The SMILES string of the molecule is Cc1cccc(CNC(=O)c2ccncc2O)n1. The molecule has 92 valence electrons. The van der Waals surface area contributed by atoms with E-state index in [9.17, 15) is 9.90 Å². The molecule has 0 fully saturated rings. The van der Waals surface area contributed by atoms with Gasteiger partial charge in [-0.2, -0.15) is 0 Å². The number of hydrogen-bond acceptors (Lipinski definition) is 4. The number of aryl methyl sites for hydroxylation is 1. The monoisotopic (exact) mass is 243 g/mol. The Morgan fingerprint density at radius 3 is 2.94 bits per heavy atom. The first-order valence-electron chi connectivity index (χ1n) is 5.50. The first-order valence-corrected chi connectivity index (χ1v) is 5.50. The highest BCUT2D eigenvalue weighted by atomic mass is 16.3. The maximum Gasteiger partial charge on any atom is 0.255 e. The van der Waals surface area contributed by atoms with Crippen LogP contribution in [0.4, 0.5) is 0 Å². The van der Waals surface area contributed by atoms with Gasteiger partial charge in [-0.05, 0) is 25.1 Å². The van der Waals surface area contributed by atoms with E-state index in [1.54, 1.807) is 0 Å². The number of carbonyl (C=O) groups is 1. The Hall–Kier alpha value is -2.43. The topological polar surface area (TPSA) is 75.1 Å². The molecule has 2 heterocycles. The summed E-state index contributed by atoms with van der Waals surface area (Å²) in [6.45, 7) is 2.21. The van der Waals surface area contributed by atoms with Crippen molar-refractivity contribution in [2.24, 2.45) is 0 Å². The molecule has 0 saturated heterocycles. The van der Waals surface area contributed by atoms with Crippen molar-refractivity contribution in [3.05, 3.63) is 53.6 Å². The first kappa shape index (κ1) is 12.0. The molecule has 0 aromatic carbocycles. The smallest absolute Gasteiger partial charge is 0.255 e. The quantitative estimate of drug-likeness (QED) is 0.855. The van der Waals surface area contributed by atoms with Crippen LogP contribution in [0.1, 0.15) is 21.7 Å². The summed E-state index contributed by atoms with van der Waals surface area (Å²) >= 11 is 0. The third-order valence-electron chi connectivity index (χ3n) is 2.42. The van der Waals surface area contributed by atoms with Crippen molar-refractivity contribution >= 4 is 5.91 Å². The van der Waals surface area contributed by atoms with Crippen molar-refractivity contribution in [3.63, 3.8) is 0 Å². The van der Waals surface area contributed by atoms with Crippen LogP contribution in [0.15, 0.2) is 36.7 Å². The van der Waals surface area contributed by atoms with Crippen molar-refractivity contribution in [1.82, 2.24) is 15.3 Å². The van der Waals surface area contributed by atoms with Crippen LogP contribution in [-0.2, 0) is 6.54 Å². The molecule has 0 saturated carbocycles. The molecule has 0 unspecified atom stereocenters. The predicted octanol–water partition coefficient (Wildman–Crippen LogP) is 1.42. The van der Waals surface area contributed by atoms with Crippen LogP contribution in [0.3, 0.4) is 0 Å². The van der Waals surface area contributed by atoms with E-state index in [2.05, 4.69) is 15.3 Å². The molecule has 2 aromatic heterocycles. The van der Waals surface area contributed by atoms with E-state index in [0.717, 1.165) is 11.4 Å². The van der Waals surface area contributed by atoms with Crippen molar-refractivity contribution in [3.8, 4) is 5.75 Å². The van der Waals surface area contributed by atoms with Crippen molar-refractivity contribution in [1.29, 1.82) is 0 Å². The summed E-state index contributed by atoms with van der Waals surface area (Å²) in [4.78, 5) is 19.8. The lowest BCUT2D eigenvalue weighted by molar-refractivity contribution is 0.0947. The Balaban J connectivity index is 2.03. The molecular weight excluding hydrogens is 230 g/mol. The normalized spacial score (nSPS) is 10.1. The Kier molecular flexibility index (Phi) is 3.52. The van der Waals surface area contributed by atoms with Gasteiger partial charge in [-0.25, -0.2) is 0 Å². The van der Waals surface area contributed by atoms with Gasteiger partial charge in [-0.1, -0.05) is 6.07 Å². The number of rotatable bonds is 3. The molecule has 18 heavy (non-hydrogen) atoms. The Morgan fingerprint density at radius 2 is 2.22 bits per heavy atom. The number of aromatic hydroxyl groups is 1. The summed E-state index contributed by atoms with van der Waals surface area (Å²) in [6.07, 6.45) is 2.69. The molecule has 0 spiro atoms. The maximum atomic E-state index is 11.8. The lowest BCUT2D eigenvalue weighted by Gasteiger charge is -2.06. The third-order valence-corrected chi connectivity index (χ3v) is 2.42. The van der Waals surface area contributed by atoms with E-state index in [-0.39, 0.29) is 17.2 Å². The van der Waals surface area contributed by atoms with Gasteiger partial charge >= 0.3 is 0 Å². The summed E-state index contributed by atoms with van der Waals surface area (Å²) in [6, 6.07) is 7.07. The van der Waals surface area contributed by atoms with E-state index in [4.69, 9.17) is 0 Å². The Labute approximate surface area is 105 Å². The average Bonchev–Trinajstić information content (AvgIpc) is 2.37. The maximum absolute atomic E-state index is 11.8. The summed E-state index contributed by atoms with van der Waals surface area (Å²) in [7, 11) is 0. The zero-order chi connectivity index (χ0) is 13.0. The second kappa shape index (κ2) is 5.27. The van der Waals surface area contributed by atoms with Crippen LogP contribution in [0.2, 0.25) is 0 Å². The predicted molar refractivity (Wildman–Crippen MR) is 66.0 cm³/mol. The van der Waals surface area contributed by atoms with Crippen LogP contribution in [-0.4, -0.2) is 21.0 Å². The summed E-state index contributed by atoms with van der Waals surface area (Å²) < 4.78 is 0. The average molecular weight is 243 g/mol. The molecule has 0 atom stereocenters. The molecule has 0 aliphatic heterocycles. The molecule has 2 aromatic rings. The zero-order valence-electron chi connectivity index (χ0n) is 9.92. The van der Waals surface area contributed by atoms with Crippen LogP contribution < -0.4 is 5.32 Å². The number of nitrogens with zero attached hydrogens (tertiary/aromatic N) is 2. The van der Waals surface area contributed by atoms with E-state index in [1.807, 2.05) is 25.1 Å². The fourth-order valence-electron chi connectivity index (χ4n) is 1.54. The van der Waals surface area contributed by atoms with Crippen LogP contribution in [0.5, 0.6) is 5.75 Å². The van der Waals surface area contributed by atoms with Crippen molar-refractivity contribution in [2.75, 3.05) is 0 Å². The number of nitrogens with one attached hydrogen (secondary N) is 1. The lowest BCUT2D eigenvalue weighted by Crippen LogP contribution is -2.23. The Bertz CT molecular complexity index is 570.